The second kappa shape index (κ2) is 7.05. The normalized spacial score (nSPS) is 11.5. The molecule has 2 aromatic heterocycles. The quantitative estimate of drug-likeness (QED) is 0.636. The summed E-state index contributed by atoms with van der Waals surface area (Å²) in [5.41, 5.74) is 0. The van der Waals surface area contributed by atoms with Gasteiger partial charge in [0.05, 0.1) is 11.4 Å². The zero-order valence-corrected chi connectivity index (χ0v) is 14.6. The molecule has 126 valence electrons. The van der Waals surface area contributed by atoms with Crippen LogP contribution < -0.4 is 4.31 Å². The zero-order chi connectivity index (χ0) is 17.0. The first-order valence-electron chi connectivity index (χ1n) is 7.35. The first-order valence-corrected chi connectivity index (χ1v) is 9.67. The van der Waals surface area contributed by atoms with Crippen LogP contribution in [0.25, 0.3) is 0 Å². The molecule has 2 heterocycles. The van der Waals surface area contributed by atoms with Crippen LogP contribution in [0.2, 0.25) is 0 Å². The Morgan fingerprint density at radius 2 is 2.04 bits per heavy atom. The van der Waals surface area contributed by atoms with E-state index in [9.17, 15) is 8.42 Å². The van der Waals surface area contributed by atoms with Crippen molar-refractivity contribution in [3.8, 4) is 0 Å². The number of tetrazole rings is 1. The van der Waals surface area contributed by atoms with Gasteiger partial charge in [-0.3, -0.25) is 0 Å². The minimum Gasteiger partial charge on any atom is -0.233 e. The number of hydrogen-bond acceptors (Lipinski definition) is 7. The Labute approximate surface area is 143 Å². The van der Waals surface area contributed by atoms with Crippen LogP contribution in [0.1, 0.15) is 19.2 Å². The highest BCUT2D eigenvalue weighted by Crippen LogP contribution is 2.27. The Morgan fingerprint density at radius 3 is 2.71 bits per heavy atom. The monoisotopic (exact) mass is 364 g/mol. The van der Waals surface area contributed by atoms with Gasteiger partial charge in [-0.15, -0.1) is 16.4 Å². The van der Waals surface area contributed by atoms with Gasteiger partial charge in [0.2, 0.25) is 0 Å². The van der Waals surface area contributed by atoms with Crippen molar-refractivity contribution in [2.24, 2.45) is 0 Å². The second-order valence-electron chi connectivity index (χ2n) is 4.96. The van der Waals surface area contributed by atoms with Gasteiger partial charge in [-0.05, 0) is 29.0 Å². The lowest BCUT2D eigenvalue weighted by Gasteiger charge is -2.21. The topological polar surface area (TPSA) is 93.9 Å². The molecule has 0 fully saturated rings. The van der Waals surface area contributed by atoms with Crippen LogP contribution in [-0.4, -0.2) is 33.6 Å². The molecule has 0 amide bonds. The summed E-state index contributed by atoms with van der Waals surface area (Å²) in [6, 6.07) is 8.27. The Bertz CT molecular complexity index is 877. The predicted molar refractivity (Wildman–Crippen MR) is 90.0 cm³/mol. The molecule has 0 bridgehead atoms. The summed E-state index contributed by atoms with van der Waals surface area (Å²) in [5, 5.41) is 13.6. The molecule has 10 heteroatoms. The molecule has 0 spiro atoms. The standard InChI is InChI=1S/C14H16N6O2S2/c1-2-9-19-13(16-17-18-19)11-20(14-15-8-10-23-14)24(21,22)12-6-4-3-5-7-12/h3-8,10H,2,9,11H2,1H3. The van der Waals surface area contributed by atoms with Crippen molar-refractivity contribution in [2.45, 2.75) is 31.3 Å². The number of aromatic nitrogens is 5. The zero-order valence-electron chi connectivity index (χ0n) is 13.0. The van der Waals surface area contributed by atoms with Gasteiger partial charge >= 0.3 is 0 Å². The van der Waals surface area contributed by atoms with Crippen LogP contribution in [0.4, 0.5) is 5.13 Å². The Kier molecular flexibility index (Phi) is 4.86. The van der Waals surface area contributed by atoms with E-state index in [1.54, 1.807) is 46.6 Å². The van der Waals surface area contributed by atoms with Crippen LogP contribution in [0.15, 0.2) is 46.8 Å². The lowest BCUT2D eigenvalue weighted by molar-refractivity contribution is 0.551. The SMILES string of the molecule is CCCn1nnnc1CN(c1nccs1)S(=O)(=O)c1ccccc1. The van der Waals surface area contributed by atoms with Gasteiger partial charge in [-0.1, -0.05) is 25.1 Å². The Morgan fingerprint density at radius 1 is 1.25 bits per heavy atom. The summed E-state index contributed by atoms with van der Waals surface area (Å²) >= 11 is 1.25. The van der Waals surface area contributed by atoms with E-state index in [1.165, 1.54) is 15.6 Å². The average Bonchev–Trinajstić information content (AvgIpc) is 3.25. The minimum absolute atomic E-state index is 0.0255. The van der Waals surface area contributed by atoms with Crippen molar-refractivity contribution in [3.63, 3.8) is 0 Å². The van der Waals surface area contributed by atoms with E-state index < -0.39 is 10.0 Å². The number of sulfonamides is 1. The van der Waals surface area contributed by atoms with Gasteiger partial charge in [-0.2, -0.15) is 0 Å². The molecule has 0 N–H and O–H groups in total. The number of hydrogen-bond donors (Lipinski definition) is 0. The number of aryl methyl sites for hydroxylation is 1. The molecule has 0 saturated carbocycles. The minimum atomic E-state index is -3.76. The smallest absolute Gasteiger partial charge is 0.233 e. The fraction of sp³-hybridized carbons (Fsp3) is 0.286. The van der Waals surface area contributed by atoms with Gasteiger partial charge in [0.25, 0.3) is 10.0 Å². The van der Waals surface area contributed by atoms with Crippen molar-refractivity contribution in [1.29, 1.82) is 0 Å². The van der Waals surface area contributed by atoms with Crippen LogP contribution in [0, 0.1) is 0 Å². The molecule has 1 aromatic carbocycles. The molecule has 0 aliphatic heterocycles. The van der Waals surface area contributed by atoms with Gasteiger partial charge in [0.15, 0.2) is 11.0 Å². The summed E-state index contributed by atoms with van der Waals surface area (Å²) < 4.78 is 28.9. The van der Waals surface area contributed by atoms with Crippen molar-refractivity contribution >= 4 is 26.5 Å². The van der Waals surface area contributed by atoms with Crippen LogP contribution in [0.5, 0.6) is 0 Å². The average molecular weight is 364 g/mol. The maximum Gasteiger partial charge on any atom is 0.266 e. The molecule has 8 nitrogen and oxygen atoms in total. The maximum atomic E-state index is 13.0. The van der Waals surface area contributed by atoms with E-state index in [1.807, 2.05) is 6.92 Å². The molecular formula is C14H16N6O2S2. The third-order valence-electron chi connectivity index (χ3n) is 3.29. The maximum absolute atomic E-state index is 13.0. The van der Waals surface area contributed by atoms with Gasteiger partial charge in [0.1, 0.15) is 0 Å². The molecule has 0 atom stereocenters. The van der Waals surface area contributed by atoms with E-state index >= 15 is 0 Å². The number of thiazole rings is 1. The summed E-state index contributed by atoms with van der Waals surface area (Å²) in [7, 11) is -3.76. The molecule has 0 unspecified atom stereocenters. The molecule has 24 heavy (non-hydrogen) atoms. The largest absolute Gasteiger partial charge is 0.266 e. The number of benzene rings is 1. The molecule has 3 rings (SSSR count). The fourth-order valence-corrected chi connectivity index (χ4v) is 4.43. The second-order valence-corrected chi connectivity index (χ2v) is 7.69. The lowest BCUT2D eigenvalue weighted by Crippen LogP contribution is -2.32. The van der Waals surface area contributed by atoms with E-state index in [2.05, 4.69) is 20.5 Å². The third kappa shape index (κ3) is 3.29. The molecule has 0 radical (unpaired) electrons. The van der Waals surface area contributed by atoms with Crippen LogP contribution in [-0.2, 0) is 23.1 Å². The van der Waals surface area contributed by atoms with Crippen molar-refractivity contribution < 1.29 is 8.42 Å². The first-order chi connectivity index (χ1) is 11.6. The Hall–Kier alpha value is -2.33. The van der Waals surface area contributed by atoms with Crippen LogP contribution in [0.3, 0.4) is 0 Å². The molecular weight excluding hydrogens is 348 g/mol. The number of nitrogens with zero attached hydrogens (tertiary/aromatic N) is 6. The number of rotatable bonds is 7. The fourth-order valence-electron chi connectivity index (χ4n) is 2.16. The highest BCUT2D eigenvalue weighted by Gasteiger charge is 2.28. The number of anilines is 1. The third-order valence-corrected chi connectivity index (χ3v) is 5.95. The summed E-state index contributed by atoms with van der Waals surface area (Å²) in [6.45, 7) is 2.65. The molecule has 3 aromatic rings. The van der Waals surface area contributed by atoms with Gasteiger partial charge in [-0.25, -0.2) is 22.4 Å². The summed E-state index contributed by atoms with van der Waals surface area (Å²) in [6.07, 6.45) is 2.42. The Balaban J connectivity index is 2.00. The lowest BCUT2D eigenvalue weighted by atomic mass is 10.4. The first kappa shape index (κ1) is 16.5. The van der Waals surface area contributed by atoms with Gasteiger partial charge in [0, 0.05) is 18.1 Å². The predicted octanol–water partition coefficient (Wildman–Crippen LogP) is 1.94. The van der Waals surface area contributed by atoms with E-state index in [0.29, 0.717) is 17.5 Å². The molecule has 0 saturated heterocycles. The molecule has 0 aliphatic carbocycles. The van der Waals surface area contributed by atoms with Crippen molar-refractivity contribution in [3.05, 3.63) is 47.7 Å². The molecule has 0 aliphatic rings. The van der Waals surface area contributed by atoms with E-state index in [4.69, 9.17) is 0 Å². The van der Waals surface area contributed by atoms with Crippen LogP contribution >= 0.6 is 11.3 Å². The highest BCUT2D eigenvalue weighted by atomic mass is 32.2. The van der Waals surface area contributed by atoms with E-state index in [0.717, 1.165) is 6.42 Å². The van der Waals surface area contributed by atoms with E-state index in [-0.39, 0.29) is 11.4 Å². The van der Waals surface area contributed by atoms with Crippen molar-refractivity contribution in [2.75, 3.05) is 4.31 Å². The summed E-state index contributed by atoms with van der Waals surface area (Å²) in [4.78, 5) is 4.36. The summed E-state index contributed by atoms with van der Waals surface area (Å²) in [5.74, 6) is 0.478. The van der Waals surface area contributed by atoms with Crippen molar-refractivity contribution in [1.82, 2.24) is 25.2 Å². The van der Waals surface area contributed by atoms with Gasteiger partial charge < -0.3 is 0 Å². The highest BCUT2D eigenvalue weighted by molar-refractivity contribution is 7.93.